The number of hydrogen-bond acceptors (Lipinski definition) is 2. The zero-order valence-electron chi connectivity index (χ0n) is 12.8. The number of nitrogens with one attached hydrogen (secondary N) is 1. The molecule has 2 heteroatoms. The minimum absolute atomic E-state index is 0.807. The van der Waals surface area contributed by atoms with Crippen LogP contribution in [0.15, 0.2) is 0 Å². The number of hydrogen-bond donors (Lipinski definition) is 2. The van der Waals surface area contributed by atoms with E-state index in [4.69, 9.17) is 5.73 Å². The van der Waals surface area contributed by atoms with Gasteiger partial charge in [0, 0.05) is 0 Å². The first-order valence-corrected chi connectivity index (χ1v) is 8.22. The van der Waals surface area contributed by atoms with Crippen LogP contribution in [0.4, 0.5) is 0 Å². The molecule has 0 saturated carbocycles. The summed E-state index contributed by atoms with van der Waals surface area (Å²) in [6.07, 6.45) is 13.6. The average Bonchev–Trinajstić information content (AvgIpc) is 2.37. The summed E-state index contributed by atoms with van der Waals surface area (Å²) in [5, 5.41) is 3.58. The lowest BCUT2D eigenvalue weighted by molar-refractivity contribution is 0.453. The molecule has 0 aliphatic heterocycles. The van der Waals surface area contributed by atoms with Crippen LogP contribution in [0.5, 0.6) is 0 Å². The Balaban J connectivity index is 3.05. The van der Waals surface area contributed by atoms with Crippen LogP contribution in [0.2, 0.25) is 0 Å². The maximum atomic E-state index is 5.50. The zero-order valence-corrected chi connectivity index (χ0v) is 12.8. The molecule has 0 saturated heterocycles. The first kappa shape index (κ1) is 17.9. The first-order valence-electron chi connectivity index (χ1n) is 8.22. The minimum atomic E-state index is 0.807. The van der Waals surface area contributed by atoms with Gasteiger partial charge in [0.1, 0.15) is 0 Å². The molecule has 2 nitrogen and oxygen atoms in total. The first-order chi connectivity index (χ1) is 8.81. The van der Waals surface area contributed by atoms with E-state index in [0.29, 0.717) is 0 Å². The molecule has 1 unspecified atom stereocenters. The highest BCUT2D eigenvalue weighted by Gasteiger charge is 2.00. The fraction of sp³-hybridized carbons (Fsp3) is 1.00. The summed E-state index contributed by atoms with van der Waals surface area (Å²) in [6, 6.07) is 0. The van der Waals surface area contributed by atoms with E-state index >= 15 is 0 Å². The quantitative estimate of drug-likeness (QED) is 0.459. The van der Waals surface area contributed by atoms with Crippen molar-refractivity contribution in [2.24, 2.45) is 11.7 Å². The van der Waals surface area contributed by atoms with E-state index in [9.17, 15) is 0 Å². The second kappa shape index (κ2) is 15.0. The Labute approximate surface area is 115 Å². The number of rotatable bonds is 14. The highest BCUT2D eigenvalue weighted by molar-refractivity contribution is 4.58. The SMILES string of the molecule is CCCCCCCCCNCC(C)CCCCN. The normalized spacial score (nSPS) is 12.8. The molecule has 0 aliphatic carbocycles. The van der Waals surface area contributed by atoms with Crippen molar-refractivity contribution >= 4 is 0 Å². The zero-order chi connectivity index (χ0) is 13.5. The summed E-state index contributed by atoms with van der Waals surface area (Å²) >= 11 is 0. The molecule has 3 N–H and O–H groups in total. The van der Waals surface area contributed by atoms with E-state index in [1.165, 1.54) is 77.3 Å². The van der Waals surface area contributed by atoms with Crippen LogP contribution in [-0.2, 0) is 0 Å². The van der Waals surface area contributed by atoms with Crippen LogP contribution in [0.1, 0.15) is 78.1 Å². The van der Waals surface area contributed by atoms with E-state index in [1.807, 2.05) is 0 Å². The maximum Gasteiger partial charge on any atom is -0.00232 e. The summed E-state index contributed by atoms with van der Waals surface area (Å²) in [7, 11) is 0. The van der Waals surface area contributed by atoms with E-state index in [0.717, 1.165) is 12.5 Å². The van der Waals surface area contributed by atoms with Crippen LogP contribution in [0.25, 0.3) is 0 Å². The van der Waals surface area contributed by atoms with E-state index in [-0.39, 0.29) is 0 Å². The largest absolute Gasteiger partial charge is 0.330 e. The van der Waals surface area contributed by atoms with Crippen molar-refractivity contribution < 1.29 is 0 Å². The minimum Gasteiger partial charge on any atom is -0.330 e. The van der Waals surface area contributed by atoms with Crippen molar-refractivity contribution in [3.63, 3.8) is 0 Å². The summed E-state index contributed by atoms with van der Waals surface area (Å²) in [5.74, 6) is 0.807. The van der Waals surface area contributed by atoms with Crippen LogP contribution < -0.4 is 11.1 Å². The van der Waals surface area contributed by atoms with Crippen LogP contribution in [0, 0.1) is 5.92 Å². The van der Waals surface area contributed by atoms with Gasteiger partial charge in [0.25, 0.3) is 0 Å². The van der Waals surface area contributed by atoms with Crippen LogP contribution in [0.3, 0.4) is 0 Å². The summed E-state index contributed by atoms with van der Waals surface area (Å²) in [6.45, 7) is 7.85. The monoisotopic (exact) mass is 256 g/mol. The van der Waals surface area contributed by atoms with Crippen LogP contribution in [-0.4, -0.2) is 19.6 Å². The second-order valence-electron chi connectivity index (χ2n) is 5.72. The Morgan fingerprint density at radius 3 is 2.22 bits per heavy atom. The van der Waals surface area contributed by atoms with Gasteiger partial charge >= 0.3 is 0 Å². The third-order valence-electron chi connectivity index (χ3n) is 3.60. The number of unbranched alkanes of at least 4 members (excludes halogenated alkanes) is 7. The fourth-order valence-corrected chi connectivity index (χ4v) is 2.29. The standard InChI is InChI=1S/C16H36N2/c1-3-4-5-6-7-8-11-14-18-15-16(2)12-9-10-13-17/h16,18H,3-15,17H2,1-2H3. The van der Waals surface area contributed by atoms with Gasteiger partial charge in [-0.1, -0.05) is 58.8 Å². The molecular weight excluding hydrogens is 220 g/mol. The average molecular weight is 256 g/mol. The van der Waals surface area contributed by atoms with Gasteiger partial charge in [0.05, 0.1) is 0 Å². The van der Waals surface area contributed by atoms with Crippen molar-refractivity contribution in [2.45, 2.75) is 78.1 Å². The van der Waals surface area contributed by atoms with E-state index < -0.39 is 0 Å². The Morgan fingerprint density at radius 1 is 0.889 bits per heavy atom. The van der Waals surface area contributed by atoms with E-state index in [2.05, 4.69) is 19.2 Å². The highest BCUT2D eigenvalue weighted by Crippen LogP contribution is 2.07. The molecule has 0 aromatic rings. The Bertz CT molecular complexity index is 148. The topological polar surface area (TPSA) is 38.0 Å². The molecule has 0 rings (SSSR count). The van der Waals surface area contributed by atoms with Gasteiger partial charge in [-0.3, -0.25) is 0 Å². The molecule has 0 aromatic carbocycles. The molecule has 110 valence electrons. The Morgan fingerprint density at radius 2 is 1.56 bits per heavy atom. The van der Waals surface area contributed by atoms with Crippen molar-refractivity contribution in [2.75, 3.05) is 19.6 Å². The molecule has 18 heavy (non-hydrogen) atoms. The predicted molar refractivity (Wildman–Crippen MR) is 82.9 cm³/mol. The molecule has 0 amide bonds. The molecule has 0 spiro atoms. The maximum absolute atomic E-state index is 5.50. The highest BCUT2D eigenvalue weighted by atomic mass is 14.8. The molecule has 0 fully saturated rings. The smallest absolute Gasteiger partial charge is 0.00232 e. The fourth-order valence-electron chi connectivity index (χ4n) is 2.29. The van der Waals surface area contributed by atoms with Gasteiger partial charge in [-0.2, -0.15) is 0 Å². The molecule has 0 bridgehead atoms. The molecule has 1 atom stereocenters. The van der Waals surface area contributed by atoms with Gasteiger partial charge in [0.2, 0.25) is 0 Å². The lowest BCUT2D eigenvalue weighted by atomic mass is 10.0. The second-order valence-corrected chi connectivity index (χ2v) is 5.72. The van der Waals surface area contributed by atoms with Crippen molar-refractivity contribution in [3.05, 3.63) is 0 Å². The molecule has 0 radical (unpaired) electrons. The van der Waals surface area contributed by atoms with Gasteiger partial charge in [-0.05, 0) is 44.8 Å². The number of nitrogens with two attached hydrogens (primary N) is 1. The van der Waals surface area contributed by atoms with Gasteiger partial charge in [0.15, 0.2) is 0 Å². The van der Waals surface area contributed by atoms with Gasteiger partial charge in [-0.25, -0.2) is 0 Å². The third-order valence-corrected chi connectivity index (χ3v) is 3.60. The summed E-state index contributed by atoms with van der Waals surface area (Å²) in [4.78, 5) is 0. The molecule has 0 heterocycles. The van der Waals surface area contributed by atoms with Crippen molar-refractivity contribution in [1.29, 1.82) is 0 Å². The van der Waals surface area contributed by atoms with Gasteiger partial charge in [-0.15, -0.1) is 0 Å². The lowest BCUT2D eigenvalue weighted by Crippen LogP contribution is -2.22. The van der Waals surface area contributed by atoms with Crippen molar-refractivity contribution in [3.8, 4) is 0 Å². The summed E-state index contributed by atoms with van der Waals surface area (Å²) in [5.41, 5.74) is 5.50. The Kier molecular flexibility index (Phi) is 14.9. The predicted octanol–water partition coefficient (Wildman–Crippen LogP) is 4.09. The van der Waals surface area contributed by atoms with E-state index in [1.54, 1.807) is 0 Å². The third kappa shape index (κ3) is 14.0. The molecular formula is C16H36N2. The lowest BCUT2D eigenvalue weighted by Gasteiger charge is -2.12. The molecule has 0 aliphatic rings. The molecule has 0 aromatic heterocycles. The Hall–Kier alpha value is -0.0800. The van der Waals surface area contributed by atoms with Crippen LogP contribution >= 0.6 is 0 Å². The summed E-state index contributed by atoms with van der Waals surface area (Å²) < 4.78 is 0. The van der Waals surface area contributed by atoms with Gasteiger partial charge < -0.3 is 11.1 Å². The van der Waals surface area contributed by atoms with Crippen molar-refractivity contribution in [1.82, 2.24) is 5.32 Å².